The number of aromatic nitrogens is 1. The van der Waals surface area contributed by atoms with Gasteiger partial charge < -0.3 is 15.4 Å². The zero-order chi connectivity index (χ0) is 17.2. The van der Waals surface area contributed by atoms with Crippen LogP contribution in [0, 0.1) is 6.92 Å². The van der Waals surface area contributed by atoms with E-state index in [1.807, 2.05) is 60.8 Å². The largest absolute Gasteiger partial charge is 0.487 e. The van der Waals surface area contributed by atoms with Gasteiger partial charge in [-0.15, -0.1) is 11.3 Å². The second kappa shape index (κ2) is 6.57. The molecule has 2 heterocycles. The van der Waals surface area contributed by atoms with Crippen molar-refractivity contribution in [3.05, 3.63) is 75.7 Å². The number of carbonyl (C=O) groups excluding carboxylic acids is 1. The minimum absolute atomic E-state index is 0.0708. The number of amides is 1. The molecular weight excluding hydrogens is 334 g/mol. The molecule has 1 amide bonds. The molecule has 1 aliphatic rings. The van der Waals surface area contributed by atoms with Crippen molar-refractivity contribution in [3.8, 4) is 5.75 Å². The van der Waals surface area contributed by atoms with Gasteiger partial charge in [-0.3, -0.25) is 4.79 Å². The van der Waals surface area contributed by atoms with Crippen molar-refractivity contribution in [3.63, 3.8) is 0 Å². The number of hydrogen-bond acceptors (Lipinski definition) is 5. The van der Waals surface area contributed by atoms with Gasteiger partial charge in [0.2, 0.25) is 0 Å². The Morgan fingerprint density at radius 3 is 2.68 bits per heavy atom. The van der Waals surface area contributed by atoms with Crippen LogP contribution in [0.3, 0.4) is 0 Å². The van der Waals surface area contributed by atoms with E-state index in [-0.39, 0.29) is 12.1 Å². The summed E-state index contributed by atoms with van der Waals surface area (Å²) in [6, 6.07) is 15.2. The van der Waals surface area contributed by atoms with Gasteiger partial charge in [-0.05, 0) is 36.8 Å². The summed E-state index contributed by atoms with van der Waals surface area (Å²) in [7, 11) is 0. The third kappa shape index (κ3) is 3.34. The third-order valence-electron chi connectivity index (χ3n) is 4.01. The number of nitrogens with zero attached hydrogens (tertiary/aromatic N) is 1. The Morgan fingerprint density at radius 2 is 1.92 bits per heavy atom. The highest BCUT2D eigenvalue weighted by atomic mass is 32.1. The van der Waals surface area contributed by atoms with E-state index in [1.165, 1.54) is 0 Å². The number of anilines is 1. The summed E-state index contributed by atoms with van der Waals surface area (Å²) in [6.45, 7) is 2.43. The highest BCUT2D eigenvalue weighted by Gasteiger charge is 2.23. The van der Waals surface area contributed by atoms with E-state index in [0.717, 1.165) is 27.7 Å². The van der Waals surface area contributed by atoms with Gasteiger partial charge in [-0.2, -0.15) is 0 Å². The Balaban J connectivity index is 1.45. The molecule has 1 aliphatic heterocycles. The van der Waals surface area contributed by atoms with Crippen LogP contribution in [-0.4, -0.2) is 10.9 Å². The van der Waals surface area contributed by atoms with Crippen LogP contribution in [0.2, 0.25) is 0 Å². The standard InChI is InChI=1S/C19H17N3O2S/c1-12-20-14(11-25-12)10-24-15-8-6-13(7-9-15)18-21-17-5-3-2-4-16(17)19(23)22-18/h2-9,11,18,21H,10H2,1H3,(H,22,23)/t18-/m1/s1. The second-order valence-electron chi connectivity index (χ2n) is 5.81. The molecule has 0 fully saturated rings. The average molecular weight is 351 g/mol. The molecule has 1 aromatic heterocycles. The predicted molar refractivity (Wildman–Crippen MR) is 97.9 cm³/mol. The fourth-order valence-corrected chi connectivity index (χ4v) is 3.36. The fourth-order valence-electron chi connectivity index (χ4n) is 2.76. The SMILES string of the molecule is Cc1nc(COc2ccc([C@H]3NC(=O)c4ccccc4N3)cc2)cs1. The summed E-state index contributed by atoms with van der Waals surface area (Å²) >= 11 is 1.62. The average Bonchev–Trinajstić information content (AvgIpc) is 3.06. The predicted octanol–water partition coefficient (Wildman–Crippen LogP) is 3.88. The number of rotatable bonds is 4. The summed E-state index contributed by atoms with van der Waals surface area (Å²) in [4.78, 5) is 16.6. The summed E-state index contributed by atoms with van der Waals surface area (Å²) in [5.74, 6) is 0.704. The van der Waals surface area contributed by atoms with Gasteiger partial charge in [-0.25, -0.2) is 4.98 Å². The smallest absolute Gasteiger partial charge is 0.255 e. The fraction of sp³-hybridized carbons (Fsp3) is 0.158. The van der Waals surface area contributed by atoms with E-state index in [0.29, 0.717) is 12.2 Å². The molecule has 1 atom stereocenters. The molecule has 5 nitrogen and oxygen atoms in total. The quantitative estimate of drug-likeness (QED) is 0.749. The third-order valence-corrected chi connectivity index (χ3v) is 4.84. The summed E-state index contributed by atoms with van der Waals surface area (Å²) < 4.78 is 5.76. The monoisotopic (exact) mass is 351 g/mol. The number of carbonyl (C=O) groups is 1. The van der Waals surface area contributed by atoms with E-state index in [9.17, 15) is 4.79 Å². The number of hydrogen-bond donors (Lipinski definition) is 2. The van der Waals surface area contributed by atoms with Crippen LogP contribution in [0.4, 0.5) is 5.69 Å². The molecule has 4 rings (SSSR count). The lowest BCUT2D eigenvalue weighted by molar-refractivity contribution is 0.0935. The van der Waals surface area contributed by atoms with Crippen molar-refractivity contribution >= 4 is 22.9 Å². The van der Waals surface area contributed by atoms with Crippen molar-refractivity contribution in [2.75, 3.05) is 5.32 Å². The molecule has 0 saturated heterocycles. The Hall–Kier alpha value is -2.86. The van der Waals surface area contributed by atoms with Gasteiger partial charge in [0.15, 0.2) is 0 Å². The van der Waals surface area contributed by atoms with Crippen molar-refractivity contribution in [1.82, 2.24) is 10.3 Å². The highest BCUT2D eigenvalue weighted by molar-refractivity contribution is 7.09. The van der Waals surface area contributed by atoms with E-state index in [1.54, 1.807) is 11.3 Å². The van der Waals surface area contributed by atoms with Crippen molar-refractivity contribution in [2.45, 2.75) is 19.7 Å². The molecule has 25 heavy (non-hydrogen) atoms. The van der Waals surface area contributed by atoms with Gasteiger partial charge >= 0.3 is 0 Å². The van der Waals surface area contributed by atoms with Gasteiger partial charge in [0, 0.05) is 11.1 Å². The summed E-state index contributed by atoms with van der Waals surface area (Å²) in [5, 5.41) is 9.35. The summed E-state index contributed by atoms with van der Waals surface area (Å²) in [5.41, 5.74) is 3.41. The Morgan fingerprint density at radius 1 is 1.12 bits per heavy atom. The molecule has 126 valence electrons. The number of thiazole rings is 1. The number of ether oxygens (including phenoxy) is 1. The molecule has 0 saturated carbocycles. The van der Waals surface area contributed by atoms with Gasteiger partial charge in [0.05, 0.1) is 16.3 Å². The lowest BCUT2D eigenvalue weighted by atomic mass is 10.1. The minimum atomic E-state index is -0.252. The van der Waals surface area contributed by atoms with Crippen LogP contribution >= 0.6 is 11.3 Å². The summed E-state index contributed by atoms with van der Waals surface area (Å²) in [6.07, 6.45) is -0.252. The molecule has 0 spiro atoms. The second-order valence-corrected chi connectivity index (χ2v) is 6.87. The normalized spacial score (nSPS) is 15.9. The van der Waals surface area contributed by atoms with E-state index in [4.69, 9.17) is 4.74 Å². The van der Waals surface area contributed by atoms with Crippen LogP contribution in [0.5, 0.6) is 5.75 Å². The number of benzene rings is 2. The Kier molecular flexibility index (Phi) is 4.11. The molecule has 2 aromatic carbocycles. The maximum absolute atomic E-state index is 12.2. The first-order chi connectivity index (χ1) is 12.2. The van der Waals surface area contributed by atoms with Crippen LogP contribution in [0.25, 0.3) is 0 Å². The molecule has 0 unspecified atom stereocenters. The zero-order valence-corrected chi connectivity index (χ0v) is 14.5. The molecule has 0 bridgehead atoms. The number of nitrogens with one attached hydrogen (secondary N) is 2. The lowest BCUT2D eigenvalue weighted by Crippen LogP contribution is -2.38. The lowest BCUT2D eigenvalue weighted by Gasteiger charge is -2.28. The first-order valence-corrected chi connectivity index (χ1v) is 8.87. The van der Waals surface area contributed by atoms with Crippen LogP contribution in [0.1, 0.15) is 32.8 Å². The molecule has 0 radical (unpaired) electrons. The molecular formula is C19H17N3O2S. The van der Waals surface area contributed by atoms with Crippen LogP contribution in [-0.2, 0) is 6.61 Å². The van der Waals surface area contributed by atoms with Gasteiger partial charge in [0.1, 0.15) is 18.5 Å². The number of para-hydroxylation sites is 1. The maximum Gasteiger partial charge on any atom is 0.255 e. The maximum atomic E-state index is 12.2. The minimum Gasteiger partial charge on any atom is -0.487 e. The van der Waals surface area contributed by atoms with E-state index >= 15 is 0 Å². The molecule has 6 heteroatoms. The van der Waals surface area contributed by atoms with E-state index < -0.39 is 0 Å². The van der Waals surface area contributed by atoms with Crippen LogP contribution < -0.4 is 15.4 Å². The highest BCUT2D eigenvalue weighted by Crippen LogP contribution is 2.27. The van der Waals surface area contributed by atoms with Crippen molar-refractivity contribution < 1.29 is 9.53 Å². The molecule has 2 N–H and O–H groups in total. The Labute approximate surface area is 149 Å². The number of fused-ring (bicyclic) bond motifs is 1. The number of aryl methyl sites for hydroxylation is 1. The van der Waals surface area contributed by atoms with Gasteiger partial charge in [-0.1, -0.05) is 24.3 Å². The molecule has 3 aromatic rings. The van der Waals surface area contributed by atoms with Crippen molar-refractivity contribution in [1.29, 1.82) is 0 Å². The first-order valence-electron chi connectivity index (χ1n) is 7.99. The first kappa shape index (κ1) is 15.7. The Bertz CT molecular complexity index is 905. The van der Waals surface area contributed by atoms with E-state index in [2.05, 4.69) is 15.6 Å². The topological polar surface area (TPSA) is 63.2 Å². The zero-order valence-electron chi connectivity index (χ0n) is 13.7. The van der Waals surface area contributed by atoms with Gasteiger partial charge in [0.25, 0.3) is 5.91 Å². The van der Waals surface area contributed by atoms with Crippen LogP contribution in [0.15, 0.2) is 53.9 Å². The molecule has 0 aliphatic carbocycles. The van der Waals surface area contributed by atoms with Crippen molar-refractivity contribution in [2.24, 2.45) is 0 Å².